The van der Waals surface area contributed by atoms with Crippen LogP contribution in [0.2, 0.25) is 0 Å². The minimum Gasteiger partial charge on any atom is -0.326 e. The number of nitrogens with zero attached hydrogens (tertiary/aromatic N) is 2. The van der Waals surface area contributed by atoms with Crippen molar-refractivity contribution in [3.05, 3.63) is 60.2 Å². The number of imidazole rings is 1. The van der Waals surface area contributed by atoms with E-state index in [0.29, 0.717) is 0 Å². The molecule has 1 aromatic carbocycles. The van der Waals surface area contributed by atoms with Gasteiger partial charge in [0, 0.05) is 6.54 Å². The first-order valence-corrected chi connectivity index (χ1v) is 4.99. The average Bonchev–Trinajstić information content (AvgIpc) is 2.61. The standard InChI is InChI=1S/C13H14N2/c1-3-13-11(2)14-10-15(13)9-12-7-5-4-6-8-12/h3-8,10H,1,9H2,2H3. The van der Waals surface area contributed by atoms with Gasteiger partial charge >= 0.3 is 0 Å². The van der Waals surface area contributed by atoms with Crippen LogP contribution in [-0.4, -0.2) is 9.55 Å². The summed E-state index contributed by atoms with van der Waals surface area (Å²) >= 11 is 0. The average molecular weight is 198 g/mol. The summed E-state index contributed by atoms with van der Waals surface area (Å²) in [5, 5.41) is 0. The van der Waals surface area contributed by atoms with Gasteiger partial charge in [0.15, 0.2) is 0 Å². The van der Waals surface area contributed by atoms with Gasteiger partial charge in [0.2, 0.25) is 0 Å². The molecule has 0 aliphatic rings. The van der Waals surface area contributed by atoms with Gasteiger partial charge in [0.05, 0.1) is 17.7 Å². The number of hydrogen-bond acceptors (Lipinski definition) is 1. The minimum absolute atomic E-state index is 0.850. The van der Waals surface area contributed by atoms with E-state index in [-0.39, 0.29) is 0 Å². The quantitative estimate of drug-likeness (QED) is 0.741. The Morgan fingerprint density at radius 3 is 2.73 bits per heavy atom. The smallest absolute Gasteiger partial charge is 0.0957 e. The largest absolute Gasteiger partial charge is 0.326 e. The van der Waals surface area contributed by atoms with E-state index in [1.54, 1.807) is 0 Å². The van der Waals surface area contributed by atoms with Crippen molar-refractivity contribution in [3.8, 4) is 0 Å². The Kier molecular flexibility index (Phi) is 2.68. The fourth-order valence-electron chi connectivity index (χ4n) is 1.66. The molecule has 0 bridgehead atoms. The molecular weight excluding hydrogens is 184 g/mol. The number of hydrogen-bond donors (Lipinski definition) is 0. The van der Waals surface area contributed by atoms with Crippen molar-refractivity contribution in [2.75, 3.05) is 0 Å². The molecule has 0 radical (unpaired) electrons. The summed E-state index contributed by atoms with van der Waals surface area (Å²) in [6, 6.07) is 10.3. The molecule has 0 atom stereocenters. The Morgan fingerprint density at radius 2 is 2.07 bits per heavy atom. The SMILES string of the molecule is C=Cc1c(C)ncn1Cc1ccccc1. The molecule has 2 nitrogen and oxygen atoms in total. The van der Waals surface area contributed by atoms with Crippen LogP contribution in [0.4, 0.5) is 0 Å². The molecule has 0 aliphatic heterocycles. The van der Waals surface area contributed by atoms with Gasteiger partial charge in [-0.1, -0.05) is 36.9 Å². The molecule has 2 aromatic rings. The van der Waals surface area contributed by atoms with Crippen molar-refractivity contribution in [2.24, 2.45) is 0 Å². The number of aromatic nitrogens is 2. The first-order chi connectivity index (χ1) is 7.31. The summed E-state index contributed by atoms with van der Waals surface area (Å²) < 4.78 is 2.11. The predicted molar refractivity (Wildman–Crippen MR) is 62.6 cm³/mol. The lowest BCUT2D eigenvalue weighted by molar-refractivity contribution is 0.789. The highest BCUT2D eigenvalue weighted by molar-refractivity contribution is 5.45. The summed E-state index contributed by atoms with van der Waals surface area (Å²) in [5.41, 5.74) is 3.40. The molecular formula is C13H14N2. The van der Waals surface area contributed by atoms with Crippen molar-refractivity contribution in [1.29, 1.82) is 0 Å². The van der Waals surface area contributed by atoms with Gasteiger partial charge in [0.25, 0.3) is 0 Å². The van der Waals surface area contributed by atoms with Crippen LogP contribution in [-0.2, 0) is 6.54 Å². The van der Waals surface area contributed by atoms with Gasteiger partial charge in [-0.25, -0.2) is 4.98 Å². The lowest BCUT2D eigenvalue weighted by Gasteiger charge is -2.05. The van der Waals surface area contributed by atoms with E-state index in [1.807, 2.05) is 37.5 Å². The molecule has 0 unspecified atom stereocenters. The first-order valence-electron chi connectivity index (χ1n) is 4.99. The number of aryl methyl sites for hydroxylation is 1. The summed E-state index contributed by atoms with van der Waals surface area (Å²) in [4.78, 5) is 4.28. The monoisotopic (exact) mass is 198 g/mol. The van der Waals surface area contributed by atoms with E-state index in [9.17, 15) is 0 Å². The molecule has 15 heavy (non-hydrogen) atoms. The zero-order valence-electron chi connectivity index (χ0n) is 8.85. The first kappa shape index (κ1) is 9.71. The van der Waals surface area contributed by atoms with E-state index in [4.69, 9.17) is 0 Å². The second kappa shape index (κ2) is 4.13. The van der Waals surface area contributed by atoms with Crippen LogP contribution < -0.4 is 0 Å². The lowest BCUT2D eigenvalue weighted by Crippen LogP contribution is -2.00. The molecule has 1 aromatic heterocycles. The lowest BCUT2D eigenvalue weighted by atomic mass is 10.2. The Hall–Kier alpha value is -1.83. The second-order valence-electron chi connectivity index (χ2n) is 3.53. The summed E-state index contributed by atoms with van der Waals surface area (Å²) in [6.45, 7) is 6.65. The fraction of sp³-hybridized carbons (Fsp3) is 0.154. The Labute approximate surface area is 89.9 Å². The molecule has 0 N–H and O–H groups in total. The van der Waals surface area contributed by atoms with Crippen LogP contribution in [0.15, 0.2) is 43.2 Å². The predicted octanol–water partition coefficient (Wildman–Crippen LogP) is 2.88. The molecule has 0 spiro atoms. The van der Waals surface area contributed by atoms with Crippen molar-refractivity contribution in [2.45, 2.75) is 13.5 Å². The zero-order valence-corrected chi connectivity index (χ0v) is 8.85. The maximum atomic E-state index is 4.28. The van der Waals surface area contributed by atoms with Crippen LogP contribution in [0.5, 0.6) is 0 Å². The van der Waals surface area contributed by atoms with Gasteiger partial charge in [0.1, 0.15) is 0 Å². The second-order valence-corrected chi connectivity index (χ2v) is 3.53. The maximum Gasteiger partial charge on any atom is 0.0957 e. The van der Waals surface area contributed by atoms with Gasteiger partial charge < -0.3 is 4.57 Å². The fourth-order valence-corrected chi connectivity index (χ4v) is 1.66. The Morgan fingerprint density at radius 1 is 1.33 bits per heavy atom. The van der Waals surface area contributed by atoms with E-state index in [0.717, 1.165) is 17.9 Å². The van der Waals surface area contributed by atoms with Gasteiger partial charge in [-0.3, -0.25) is 0 Å². The molecule has 2 heteroatoms. The minimum atomic E-state index is 0.850. The van der Waals surface area contributed by atoms with E-state index >= 15 is 0 Å². The molecule has 0 amide bonds. The van der Waals surface area contributed by atoms with Crippen LogP contribution >= 0.6 is 0 Å². The van der Waals surface area contributed by atoms with Gasteiger partial charge in [-0.05, 0) is 18.6 Å². The maximum absolute atomic E-state index is 4.28. The highest BCUT2D eigenvalue weighted by atomic mass is 15.0. The van der Waals surface area contributed by atoms with Crippen LogP contribution in [0, 0.1) is 6.92 Å². The van der Waals surface area contributed by atoms with Gasteiger partial charge in [-0.15, -0.1) is 0 Å². The van der Waals surface area contributed by atoms with Crippen molar-refractivity contribution in [1.82, 2.24) is 9.55 Å². The van der Waals surface area contributed by atoms with E-state index in [1.165, 1.54) is 5.56 Å². The normalized spacial score (nSPS) is 10.2. The molecule has 76 valence electrons. The molecule has 0 aliphatic carbocycles. The van der Waals surface area contributed by atoms with Crippen LogP contribution in [0.3, 0.4) is 0 Å². The highest BCUT2D eigenvalue weighted by Crippen LogP contribution is 2.10. The van der Waals surface area contributed by atoms with Crippen molar-refractivity contribution in [3.63, 3.8) is 0 Å². The summed E-state index contributed by atoms with van der Waals surface area (Å²) in [7, 11) is 0. The topological polar surface area (TPSA) is 17.8 Å². The van der Waals surface area contributed by atoms with Crippen LogP contribution in [0.1, 0.15) is 17.0 Å². The number of rotatable bonds is 3. The summed E-state index contributed by atoms with van der Waals surface area (Å²) in [6.07, 6.45) is 3.71. The van der Waals surface area contributed by atoms with E-state index in [2.05, 4.69) is 28.3 Å². The Balaban J connectivity index is 2.28. The molecule has 2 rings (SSSR count). The molecule has 1 heterocycles. The Bertz CT molecular complexity index is 455. The van der Waals surface area contributed by atoms with Crippen molar-refractivity contribution >= 4 is 6.08 Å². The third-order valence-electron chi connectivity index (χ3n) is 2.46. The summed E-state index contributed by atoms with van der Waals surface area (Å²) in [5.74, 6) is 0. The molecule has 0 fully saturated rings. The third-order valence-corrected chi connectivity index (χ3v) is 2.46. The van der Waals surface area contributed by atoms with Crippen LogP contribution in [0.25, 0.3) is 6.08 Å². The molecule has 0 saturated heterocycles. The van der Waals surface area contributed by atoms with Gasteiger partial charge in [-0.2, -0.15) is 0 Å². The molecule has 0 saturated carbocycles. The highest BCUT2D eigenvalue weighted by Gasteiger charge is 2.03. The van der Waals surface area contributed by atoms with Crippen molar-refractivity contribution < 1.29 is 0 Å². The third kappa shape index (κ3) is 1.99. The van der Waals surface area contributed by atoms with E-state index < -0.39 is 0 Å². The number of benzene rings is 1. The zero-order chi connectivity index (χ0) is 10.7.